The number of esters is 3. The molecule has 0 spiro atoms. The highest BCUT2D eigenvalue weighted by molar-refractivity contribution is 5.71. The third-order valence-electron chi connectivity index (χ3n) is 10.3. The molecule has 0 aromatic rings. The topological polar surface area (TPSA) is 78.9 Å². The van der Waals surface area contributed by atoms with Crippen LogP contribution < -0.4 is 0 Å². The molecular weight excluding hydrogens is 829 g/mol. The van der Waals surface area contributed by atoms with Gasteiger partial charge in [0.25, 0.3) is 0 Å². The van der Waals surface area contributed by atoms with E-state index in [2.05, 4.69) is 154 Å². The SMILES string of the molecule is CC/C=C\C/C=C\C/C=C\C/C=C\C/C=C\CCCCCC(=O)OCC(COC(=O)CC/C=C\C/C=C\C/C=C\C/C=C\CC)OC(=O)CCCCCCCCC/C=C\C/C=C\C/C=C\CC. The van der Waals surface area contributed by atoms with Crippen LogP contribution in [0.5, 0.6) is 0 Å². The van der Waals surface area contributed by atoms with Crippen molar-refractivity contribution in [2.24, 2.45) is 0 Å². The molecule has 6 nitrogen and oxygen atoms in total. The van der Waals surface area contributed by atoms with Crippen LogP contribution in [-0.4, -0.2) is 37.2 Å². The third-order valence-corrected chi connectivity index (χ3v) is 10.3. The number of allylic oxidation sites excluding steroid dienone is 24. The zero-order valence-electron chi connectivity index (χ0n) is 42.6. The van der Waals surface area contributed by atoms with Gasteiger partial charge in [-0.3, -0.25) is 14.4 Å². The summed E-state index contributed by atoms with van der Waals surface area (Å²) in [4.78, 5) is 38.0. The van der Waals surface area contributed by atoms with Crippen molar-refractivity contribution in [2.45, 2.75) is 207 Å². The summed E-state index contributed by atoms with van der Waals surface area (Å²) in [6.45, 7) is 6.17. The van der Waals surface area contributed by atoms with Crippen molar-refractivity contribution in [2.75, 3.05) is 13.2 Å². The summed E-state index contributed by atoms with van der Waals surface area (Å²) in [7, 11) is 0. The minimum Gasteiger partial charge on any atom is -0.462 e. The maximum absolute atomic E-state index is 12.8. The first-order chi connectivity index (χ1) is 33.0. The van der Waals surface area contributed by atoms with Gasteiger partial charge >= 0.3 is 17.9 Å². The first-order valence-electron chi connectivity index (χ1n) is 26.3. The fraction of sp³-hybridized carbons (Fsp3) is 0.557. The van der Waals surface area contributed by atoms with Crippen molar-refractivity contribution < 1.29 is 28.6 Å². The maximum Gasteiger partial charge on any atom is 0.306 e. The van der Waals surface area contributed by atoms with Crippen molar-refractivity contribution >= 4 is 17.9 Å². The smallest absolute Gasteiger partial charge is 0.306 e. The highest BCUT2D eigenvalue weighted by atomic mass is 16.6. The van der Waals surface area contributed by atoms with Gasteiger partial charge in [-0.15, -0.1) is 0 Å². The summed E-state index contributed by atoms with van der Waals surface area (Å²) in [5, 5.41) is 0. The molecule has 0 saturated carbocycles. The second-order valence-corrected chi connectivity index (χ2v) is 16.6. The summed E-state index contributed by atoms with van der Waals surface area (Å²) in [5.74, 6) is -1.06. The van der Waals surface area contributed by atoms with Crippen LogP contribution in [0, 0.1) is 0 Å². The van der Waals surface area contributed by atoms with Gasteiger partial charge in [-0.1, -0.05) is 205 Å². The Balaban J connectivity index is 4.56. The van der Waals surface area contributed by atoms with Gasteiger partial charge in [0.15, 0.2) is 6.10 Å². The third kappa shape index (κ3) is 52.1. The molecule has 0 rings (SSSR count). The number of carbonyl (C=O) groups is 3. The predicted octanol–water partition coefficient (Wildman–Crippen LogP) is 17.6. The van der Waals surface area contributed by atoms with Crippen LogP contribution in [0.1, 0.15) is 201 Å². The lowest BCUT2D eigenvalue weighted by Gasteiger charge is -2.18. The fourth-order valence-corrected chi connectivity index (χ4v) is 6.49. The number of carbonyl (C=O) groups excluding carboxylic acids is 3. The molecule has 67 heavy (non-hydrogen) atoms. The van der Waals surface area contributed by atoms with Gasteiger partial charge in [0.2, 0.25) is 0 Å². The number of ether oxygens (including phenoxy) is 3. The number of rotatable bonds is 45. The van der Waals surface area contributed by atoms with E-state index in [0.717, 1.165) is 135 Å². The fourth-order valence-electron chi connectivity index (χ4n) is 6.49. The lowest BCUT2D eigenvalue weighted by Crippen LogP contribution is -2.30. The molecule has 0 fully saturated rings. The standard InChI is InChI=1S/C61H94O6/c1-4-7-10-13-16-19-22-25-27-29-30-32-33-36-39-42-45-48-51-54-60(63)66-57-58(56-65-59(62)53-50-47-44-41-38-35-24-21-18-15-12-9-6-3)67-61(64)55-52-49-46-43-40-37-34-31-28-26-23-20-17-14-11-8-5-2/h7-12,16-21,25-28,30,32,35-36,38-39,44,47,58H,4-6,13-15,22-24,29,31,33-34,37,40-43,45-46,48-57H2,1-3H3/b10-7-,11-8-,12-9-,19-16-,20-17-,21-18-,27-25-,28-26-,32-30-,38-35-,39-36-,47-44-. The van der Waals surface area contributed by atoms with Crippen molar-refractivity contribution in [3.63, 3.8) is 0 Å². The van der Waals surface area contributed by atoms with E-state index >= 15 is 0 Å². The van der Waals surface area contributed by atoms with Crippen molar-refractivity contribution in [3.05, 3.63) is 146 Å². The Hall–Kier alpha value is -4.71. The van der Waals surface area contributed by atoms with E-state index in [4.69, 9.17) is 14.2 Å². The van der Waals surface area contributed by atoms with Crippen molar-refractivity contribution in [1.82, 2.24) is 0 Å². The largest absolute Gasteiger partial charge is 0.462 e. The van der Waals surface area contributed by atoms with Crippen LogP contribution in [0.3, 0.4) is 0 Å². The summed E-state index contributed by atoms with van der Waals surface area (Å²) in [6.07, 6.45) is 77.0. The first kappa shape index (κ1) is 62.3. The van der Waals surface area contributed by atoms with E-state index in [9.17, 15) is 14.4 Å². The average molecular weight is 923 g/mol. The molecule has 0 aromatic heterocycles. The Kier molecular flexibility index (Phi) is 50.1. The van der Waals surface area contributed by atoms with Crippen LogP contribution in [0.4, 0.5) is 0 Å². The molecular formula is C61H94O6. The molecule has 0 N–H and O–H groups in total. The highest BCUT2D eigenvalue weighted by Crippen LogP contribution is 2.12. The molecule has 1 atom stereocenters. The van der Waals surface area contributed by atoms with Crippen LogP contribution in [0.25, 0.3) is 0 Å². The first-order valence-corrected chi connectivity index (χ1v) is 26.3. The summed E-state index contributed by atoms with van der Waals surface area (Å²) >= 11 is 0. The molecule has 0 amide bonds. The van der Waals surface area contributed by atoms with Crippen LogP contribution in [0.2, 0.25) is 0 Å². The lowest BCUT2D eigenvalue weighted by molar-refractivity contribution is -0.166. The Bertz CT molecular complexity index is 1530. The average Bonchev–Trinajstić information content (AvgIpc) is 3.33. The summed E-state index contributed by atoms with van der Waals surface area (Å²) in [6, 6.07) is 0. The molecule has 0 bridgehead atoms. The molecule has 0 aliphatic carbocycles. The molecule has 0 aromatic carbocycles. The number of unbranched alkanes of at least 4 members (excludes halogenated alkanes) is 10. The van der Waals surface area contributed by atoms with E-state index in [1.165, 1.54) is 19.3 Å². The number of hydrogen-bond acceptors (Lipinski definition) is 6. The summed E-state index contributed by atoms with van der Waals surface area (Å²) < 4.78 is 16.7. The second-order valence-electron chi connectivity index (χ2n) is 16.6. The quantitative estimate of drug-likeness (QED) is 0.0262. The van der Waals surface area contributed by atoms with Gasteiger partial charge < -0.3 is 14.2 Å². The minimum absolute atomic E-state index is 0.128. The van der Waals surface area contributed by atoms with Crippen LogP contribution in [-0.2, 0) is 28.6 Å². The van der Waals surface area contributed by atoms with E-state index < -0.39 is 6.10 Å². The van der Waals surface area contributed by atoms with Gasteiger partial charge in [0.05, 0.1) is 0 Å². The lowest BCUT2D eigenvalue weighted by atomic mass is 10.1. The second kappa shape index (κ2) is 53.9. The van der Waals surface area contributed by atoms with E-state index in [1.54, 1.807) is 0 Å². The van der Waals surface area contributed by atoms with Crippen molar-refractivity contribution in [1.29, 1.82) is 0 Å². The molecule has 0 aliphatic heterocycles. The molecule has 374 valence electrons. The zero-order valence-corrected chi connectivity index (χ0v) is 42.6. The Morgan fingerprint density at radius 3 is 0.940 bits per heavy atom. The van der Waals surface area contributed by atoms with Crippen molar-refractivity contribution in [3.8, 4) is 0 Å². The Labute approximate surface area is 410 Å². The van der Waals surface area contributed by atoms with Gasteiger partial charge in [0.1, 0.15) is 13.2 Å². The Morgan fingerprint density at radius 2 is 0.567 bits per heavy atom. The molecule has 0 aliphatic rings. The van der Waals surface area contributed by atoms with E-state index in [1.807, 2.05) is 12.2 Å². The Morgan fingerprint density at radius 1 is 0.299 bits per heavy atom. The molecule has 6 heteroatoms. The molecule has 1 unspecified atom stereocenters. The van der Waals surface area contributed by atoms with Crippen LogP contribution in [0.15, 0.2) is 146 Å². The number of hydrogen-bond donors (Lipinski definition) is 0. The van der Waals surface area contributed by atoms with Gasteiger partial charge in [-0.2, -0.15) is 0 Å². The van der Waals surface area contributed by atoms with Gasteiger partial charge in [-0.25, -0.2) is 0 Å². The predicted molar refractivity (Wildman–Crippen MR) is 288 cm³/mol. The van der Waals surface area contributed by atoms with E-state index in [-0.39, 0.29) is 44.0 Å². The van der Waals surface area contributed by atoms with Gasteiger partial charge in [0, 0.05) is 19.3 Å². The zero-order chi connectivity index (χ0) is 48.6. The van der Waals surface area contributed by atoms with Gasteiger partial charge in [-0.05, 0) is 122 Å². The normalized spacial score (nSPS) is 13.3. The molecule has 0 saturated heterocycles. The summed E-state index contributed by atoms with van der Waals surface area (Å²) in [5.41, 5.74) is 0. The van der Waals surface area contributed by atoms with Crippen LogP contribution >= 0.6 is 0 Å². The maximum atomic E-state index is 12.8. The molecule has 0 radical (unpaired) electrons. The minimum atomic E-state index is -0.832. The van der Waals surface area contributed by atoms with E-state index in [0.29, 0.717) is 12.8 Å². The molecule has 0 heterocycles. The highest BCUT2D eigenvalue weighted by Gasteiger charge is 2.19. The monoisotopic (exact) mass is 923 g/mol.